The van der Waals surface area contributed by atoms with Gasteiger partial charge in [-0.2, -0.15) is 0 Å². The first-order valence-corrected chi connectivity index (χ1v) is 9.23. The van der Waals surface area contributed by atoms with Gasteiger partial charge in [0, 0.05) is 44.5 Å². The molecule has 1 aliphatic carbocycles. The van der Waals surface area contributed by atoms with Gasteiger partial charge >= 0.3 is 0 Å². The third kappa shape index (κ3) is 4.90. The van der Waals surface area contributed by atoms with Crippen molar-refractivity contribution in [2.24, 2.45) is 5.92 Å². The average Bonchev–Trinajstić information content (AvgIpc) is 2.62. The highest BCUT2D eigenvalue weighted by atomic mass is 16.1. The summed E-state index contributed by atoms with van der Waals surface area (Å²) in [5, 5.41) is 6.80. The Balaban J connectivity index is 1.40. The number of carbonyl (C=O) groups excluding carboxylic acids is 1. The van der Waals surface area contributed by atoms with Gasteiger partial charge in [0.25, 0.3) is 0 Å². The maximum atomic E-state index is 11.1. The lowest BCUT2D eigenvalue weighted by atomic mass is 9.90. The molecule has 0 aromatic carbocycles. The van der Waals surface area contributed by atoms with Gasteiger partial charge in [-0.05, 0) is 57.1 Å². The summed E-state index contributed by atoms with van der Waals surface area (Å²) in [5.41, 5.74) is 0. The molecule has 1 amide bonds. The Labute approximate surface area is 144 Å². The van der Waals surface area contributed by atoms with Crippen LogP contribution in [0.2, 0.25) is 0 Å². The van der Waals surface area contributed by atoms with Crippen molar-refractivity contribution < 1.29 is 4.79 Å². The molecular formula is C18H29N5O. The van der Waals surface area contributed by atoms with E-state index in [1.54, 1.807) is 6.92 Å². The van der Waals surface area contributed by atoms with Crippen molar-refractivity contribution in [3.63, 3.8) is 0 Å². The second kappa shape index (κ2) is 8.42. The van der Waals surface area contributed by atoms with Gasteiger partial charge in [-0.1, -0.05) is 0 Å². The van der Waals surface area contributed by atoms with Crippen LogP contribution in [0.1, 0.15) is 45.4 Å². The number of nitrogens with zero attached hydrogens (tertiary/aromatic N) is 3. The van der Waals surface area contributed by atoms with Gasteiger partial charge < -0.3 is 15.5 Å². The summed E-state index contributed by atoms with van der Waals surface area (Å²) in [5.74, 6) is 1.62. The summed E-state index contributed by atoms with van der Waals surface area (Å²) in [7, 11) is 0. The zero-order valence-corrected chi connectivity index (χ0v) is 14.6. The first-order valence-electron chi connectivity index (χ1n) is 9.23. The predicted octanol–water partition coefficient (Wildman–Crippen LogP) is 1.73. The number of anilines is 1. The van der Waals surface area contributed by atoms with Crippen molar-refractivity contribution in [2.75, 3.05) is 24.5 Å². The van der Waals surface area contributed by atoms with Crippen molar-refractivity contribution in [3.8, 4) is 0 Å². The summed E-state index contributed by atoms with van der Waals surface area (Å²) >= 11 is 0. The Morgan fingerprint density at radius 3 is 2.58 bits per heavy atom. The van der Waals surface area contributed by atoms with Crippen LogP contribution in [0.5, 0.6) is 0 Å². The SMILES string of the molecule is CC(=O)NC1CCC(NC[C@H]2CCCN(c3ncccn3)C2)CC1. The first-order chi connectivity index (χ1) is 11.7. The van der Waals surface area contributed by atoms with Crippen LogP contribution in [0.25, 0.3) is 0 Å². The van der Waals surface area contributed by atoms with Crippen LogP contribution in [-0.2, 0) is 4.79 Å². The molecule has 0 radical (unpaired) electrons. The monoisotopic (exact) mass is 331 g/mol. The van der Waals surface area contributed by atoms with E-state index in [1.165, 1.54) is 12.8 Å². The standard InChI is InChI=1S/C18H29N5O/c1-14(24)22-17-7-5-16(6-8-17)21-12-15-4-2-11-23(13-15)18-19-9-3-10-20-18/h3,9-10,15-17,21H,2,4-8,11-13H2,1H3,(H,22,24)/t15-,16?,17?/m1/s1. The van der Waals surface area contributed by atoms with Crippen LogP contribution in [0.4, 0.5) is 5.95 Å². The Morgan fingerprint density at radius 2 is 1.88 bits per heavy atom. The Bertz CT molecular complexity index is 515. The lowest BCUT2D eigenvalue weighted by molar-refractivity contribution is -0.119. The van der Waals surface area contributed by atoms with Crippen LogP contribution in [0.15, 0.2) is 18.5 Å². The van der Waals surface area contributed by atoms with E-state index in [0.29, 0.717) is 18.0 Å². The molecule has 1 saturated carbocycles. The molecular weight excluding hydrogens is 302 g/mol. The number of rotatable bonds is 5. The van der Waals surface area contributed by atoms with Crippen LogP contribution >= 0.6 is 0 Å². The molecule has 24 heavy (non-hydrogen) atoms. The average molecular weight is 331 g/mol. The van der Waals surface area contributed by atoms with Gasteiger partial charge in [0.05, 0.1) is 0 Å². The quantitative estimate of drug-likeness (QED) is 0.860. The molecule has 0 unspecified atom stereocenters. The van der Waals surface area contributed by atoms with E-state index in [1.807, 2.05) is 18.5 Å². The van der Waals surface area contributed by atoms with Gasteiger partial charge in [-0.25, -0.2) is 9.97 Å². The second-order valence-corrected chi connectivity index (χ2v) is 7.16. The van der Waals surface area contributed by atoms with Crippen LogP contribution in [0, 0.1) is 5.92 Å². The van der Waals surface area contributed by atoms with Crippen molar-refractivity contribution in [3.05, 3.63) is 18.5 Å². The summed E-state index contributed by atoms with van der Waals surface area (Å²) in [6.07, 6.45) is 10.6. The van der Waals surface area contributed by atoms with Crippen molar-refractivity contribution in [1.82, 2.24) is 20.6 Å². The molecule has 1 saturated heterocycles. The molecule has 0 spiro atoms. The number of hydrogen-bond donors (Lipinski definition) is 2. The lowest BCUT2D eigenvalue weighted by Gasteiger charge is -2.35. The van der Waals surface area contributed by atoms with Crippen LogP contribution in [-0.4, -0.2) is 47.6 Å². The van der Waals surface area contributed by atoms with Gasteiger partial charge in [0.15, 0.2) is 0 Å². The van der Waals surface area contributed by atoms with Crippen LogP contribution in [0.3, 0.4) is 0 Å². The predicted molar refractivity (Wildman–Crippen MR) is 94.8 cm³/mol. The number of aromatic nitrogens is 2. The molecule has 3 rings (SSSR count). The first kappa shape index (κ1) is 17.1. The zero-order valence-electron chi connectivity index (χ0n) is 14.6. The van der Waals surface area contributed by atoms with E-state index in [0.717, 1.165) is 51.3 Å². The molecule has 2 fully saturated rings. The normalized spacial score (nSPS) is 27.7. The van der Waals surface area contributed by atoms with Gasteiger partial charge in [-0.3, -0.25) is 4.79 Å². The summed E-state index contributed by atoms with van der Waals surface area (Å²) < 4.78 is 0. The highest BCUT2D eigenvalue weighted by Crippen LogP contribution is 2.22. The molecule has 132 valence electrons. The topological polar surface area (TPSA) is 70.2 Å². The number of hydrogen-bond acceptors (Lipinski definition) is 5. The molecule has 6 nitrogen and oxygen atoms in total. The lowest BCUT2D eigenvalue weighted by Crippen LogP contribution is -2.45. The Morgan fingerprint density at radius 1 is 1.17 bits per heavy atom. The van der Waals surface area contributed by atoms with E-state index in [-0.39, 0.29) is 5.91 Å². The molecule has 2 aliphatic rings. The minimum atomic E-state index is 0.0943. The fourth-order valence-electron chi connectivity index (χ4n) is 3.93. The summed E-state index contributed by atoms with van der Waals surface area (Å²) in [4.78, 5) is 22.2. The second-order valence-electron chi connectivity index (χ2n) is 7.16. The van der Waals surface area contributed by atoms with Crippen molar-refractivity contribution >= 4 is 11.9 Å². The maximum absolute atomic E-state index is 11.1. The highest BCUT2D eigenvalue weighted by molar-refractivity contribution is 5.73. The number of carbonyl (C=O) groups is 1. The van der Waals surface area contributed by atoms with E-state index >= 15 is 0 Å². The van der Waals surface area contributed by atoms with Crippen LogP contribution < -0.4 is 15.5 Å². The van der Waals surface area contributed by atoms with E-state index < -0.39 is 0 Å². The Kier molecular flexibility index (Phi) is 6.01. The Hall–Kier alpha value is -1.69. The summed E-state index contributed by atoms with van der Waals surface area (Å²) in [6.45, 7) is 4.77. The highest BCUT2D eigenvalue weighted by Gasteiger charge is 2.25. The third-order valence-corrected chi connectivity index (χ3v) is 5.18. The molecule has 1 aromatic rings. The summed E-state index contributed by atoms with van der Waals surface area (Å²) in [6, 6.07) is 2.84. The minimum absolute atomic E-state index is 0.0943. The fourth-order valence-corrected chi connectivity index (χ4v) is 3.93. The molecule has 1 aromatic heterocycles. The largest absolute Gasteiger partial charge is 0.354 e. The molecule has 1 atom stereocenters. The van der Waals surface area contributed by atoms with Gasteiger partial charge in [0.1, 0.15) is 0 Å². The zero-order chi connectivity index (χ0) is 16.8. The molecule has 6 heteroatoms. The third-order valence-electron chi connectivity index (χ3n) is 5.18. The van der Waals surface area contributed by atoms with E-state index in [9.17, 15) is 4.79 Å². The fraction of sp³-hybridized carbons (Fsp3) is 0.722. The number of nitrogens with one attached hydrogen (secondary N) is 2. The maximum Gasteiger partial charge on any atom is 0.225 e. The van der Waals surface area contributed by atoms with Crippen molar-refractivity contribution in [2.45, 2.75) is 57.5 Å². The number of amides is 1. The molecule has 0 bridgehead atoms. The molecule has 2 heterocycles. The van der Waals surface area contributed by atoms with Crippen molar-refractivity contribution in [1.29, 1.82) is 0 Å². The number of piperidine rings is 1. The van der Waals surface area contributed by atoms with Gasteiger partial charge in [0.2, 0.25) is 11.9 Å². The van der Waals surface area contributed by atoms with Gasteiger partial charge in [-0.15, -0.1) is 0 Å². The smallest absolute Gasteiger partial charge is 0.225 e. The van der Waals surface area contributed by atoms with E-state index in [4.69, 9.17) is 0 Å². The molecule has 2 N–H and O–H groups in total. The minimum Gasteiger partial charge on any atom is -0.354 e. The molecule has 1 aliphatic heterocycles. The van der Waals surface area contributed by atoms with E-state index in [2.05, 4.69) is 25.5 Å².